The molecule has 5 heteroatoms. The Bertz CT molecular complexity index is 266. The zero-order valence-electron chi connectivity index (χ0n) is 6.94. The highest BCUT2D eigenvalue weighted by atomic mass is 19.1. The summed E-state index contributed by atoms with van der Waals surface area (Å²) in [6.07, 6.45) is 1.31. The second-order valence-corrected chi connectivity index (χ2v) is 2.57. The predicted octanol–water partition coefficient (Wildman–Crippen LogP) is -0.0142. The van der Waals surface area contributed by atoms with E-state index in [1.54, 1.807) is 6.07 Å². The molecule has 0 aromatic carbocycles. The van der Waals surface area contributed by atoms with Gasteiger partial charge in [0.15, 0.2) is 0 Å². The van der Waals surface area contributed by atoms with Crippen LogP contribution >= 0.6 is 0 Å². The summed E-state index contributed by atoms with van der Waals surface area (Å²) in [7, 11) is 0. The molecule has 1 rings (SSSR count). The molecular formula is C8H11FN2O2. The highest BCUT2D eigenvalue weighted by Crippen LogP contribution is 2.07. The molecule has 0 saturated heterocycles. The molecule has 72 valence electrons. The van der Waals surface area contributed by atoms with Crippen molar-refractivity contribution >= 4 is 5.69 Å². The number of aliphatic hydroxyl groups is 2. The van der Waals surface area contributed by atoms with Crippen LogP contribution in [0.2, 0.25) is 0 Å². The van der Waals surface area contributed by atoms with Crippen LogP contribution in [0.25, 0.3) is 0 Å². The van der Waals surface area contributed by atoms with E-state index in [1.807, 2.05) is 0 Å². The summed E-state index contributed by atoms with van der Waals surface area (Å²) in [6.45, 7) is -0.416. The fourth-order valence-electron chi connectivity index (χ4n) is 0.877. The molecular weight excluding hydrogens is 175 g/mol. The van der Waals surface area contributed by atoms with E-state index in [9.17, 15) is 4.39 Å². The third kappa shape index (κ3) is 2.96. The topological polar surface area (TPSA) is 65.4 Å². The van der Waals surface area contributed by atoms with Crippen molar-refractivity contribution in [2.75, 3.05) is 18.5 Å². The van der Waals surface area contributed by atoms with Gasteiger partial charge in [0.25, 0.3) is 0 Å². The van der Waals surface area contributed by atoms with Gasteiger partial charge in [-0.15, -0.1) is 0 Å². The van der Waals surface area contributed by atoms with Crippen molar-refractivity contribution < 1.29 is 14.6 Å². The van der Waals surface area contributed by atoms with Gasteiger partial charge in [-0.1, -0.05) is 0 Å². The number of nitrogens with zero attached hydrogens (tertiary/aromatic N) is 1. The lowest BCUT2D eigenvalue weighted by molar-refractivity contribution is 0.204. The number of rotatable bonds is 4. The van der Waals surface area contributed by atoms with E-state index in [0.717, 1.165) is 0 Å². The molecule has 0 unspecified atom stereocenters. The Morgan fingerprint density at radius 2 is 2.15 bits per heavy atom. The normalized spacial score (nSPS) is 10.5. The molecule has 0 atom stereocenters. The average molecular weight is 186 g/mol. The molecule has 0 aliphatic rings. The SMILES string of the molecule is OCC(CO)Nc1ccnc(F)c1. The lowest BCUT2D eigenvalue weighted by Crippen LogP contribution is -2.27. The highest BCUT2D eigenvalue weighted by molar-refractivity contribution is 5.42. The summed E-state index contributed by atoms with van der Waals surface area (Å²) < 4.78 is 12.5. The molecule has 1 aromatic rings. The Kier molecular flexibility index (Phi) is 3.60. The number of hydrogen-bond acceptors (Lipinski definition) is 4. The maximum Gasteiger partial charge on any atom is 0.214 e. The third-order valence-corrected chi connectivity index (χ3v) is 1.54. The van der Waals surface area contributed by atoms with Crippen molar-refractivity contribution in [2.45, 2.75) is 6.04 Å². The second kappa shape index (κ2) is 4.74. The van der Waals surface area contributed by atoms with Crippen molar-refractivity contribution in [3.63, 3.8) is 0 Å². The van der Waals surface area contributed by atoms with Crippen molar-refractivity contribution in [2.24, 2.45) is 0 Å². The molecule has 0 amide bonds. The van der Waals surface area contributed by atoms with Crippen LogP contribution in [0.3, 0.4) is 0 Å². The molecule has 0 spiro atoms. The summed E-state index contributed by atoms with van der Waals surface area (Å²) in [5.41, 5.74) is 0.487. The van der Waals surface area contributed by atoms with E-state index < -0.39 is 12.0 Å². The molecule has 13 heavy (non-hydrogen) atoms. The zero-order valence-corrected chi connectivity index (χ0v) is 6.94. The molecule has 1 heterocycles. The van der Waals surface area contributed by atoms with Crippen LogP contribution in [0.15, 0.2) is 18.3 Å². The second-order valence-electron chi connectivity index (χ2n) is 2.57. The molecule has 1 aromatic heterocycles. The van der Waals surface area contributed by atoms with Crippen LogP contribution in [-0.2, 0) is 0 Å². The monoisotopic (exact) mass is 186 g/mol. The van der Waals surface area contributed by atoms with Crippen LogP contribution in [-0.4, -0.2) is 34.5 Å². The largest absolute Gasteiger partial charge is 0.394 e. The van der Waals surface area contributed by atoms with Crippen LogP contribution < -0.4 is 5.32 Å². The number of pyridine rings is 1. The molecule has 0 radical (unpaired) electrons. The molecule has 0 aliphatic carbocycles. The summed E-state index contributed by atoms with van der Waals surface area (Å²) in [5.74, 6) is -0.598. The quantitative estimate of drug-likeness (QED) is 0.578. The Morgan fingerprint density at radius 3 is 2.69 bits per heavy atom. The van der Waals surface area contributed by atoms with Gasteiger partial charge in [0, 0.05) is 18.0 Å². The fourth-order valence-corrected chi connectivity index (χ4v) is 0.877. The smallest absolute Gasteiger partial charge is 0.214 e. The summed E-state index contributed by atoms with van der Waals surface area (Å²) in [4.78, 5) is 3.37. The van der Waals surface area contributed by atoms with Gasteiger partial charge in [0.2, 0.25) is 5.95 Å². The number of aromatic nitrogens is 1. The van der Waals surface area contributed by atoms with Gasteiger partial charge in [0.05, 0.1) is 19.3 Å². The summed E-state index contributed by atoms with van der Waals surface area (Å²) in [5, 5.41) is 20.2. The molecule has 0 saturated carbocycles. The number of aliphatic hydroxyl groups excluding tert-OH is 2. The Labute approximate surface area is 75.0 Å². The maximum absolute atomic E-state index is 12.5. The molecule has 0 aliphatic heterocycles. The minimum Gasteiger partial charge on any atom is -0.394 e. The van der Waals surface area contributed by atoms with Crippen LogP contribution in [0.4, 0.5) is 10.1 Å². The zero-order chi connectivity index (χ0) is 9.68. The Hall–Kier alpha value is -1.20. The van der Waals surface area contributed by atoms with Crippen LogP contribution in [0, 0.1) is 5.95 Å². The number of anilines is 1. The fraction of sp³-hybridized carbons (Fsp3) is 0.375. The first-order valence-electron chi connectivity index (χ1n) is 3.86. The van der Waals surface area contributed by atoms with Gasteiger partial charge >= 0.3 is 0 Å². The Morgan fingerprint density at radius 1 is 1.46 bits per heavy atom. The summed E-state index contributed by atoms with van der Waals surface area (Å²) >= 11 is 0. The minimum absolute atomic E-state index is 0.208. The van der Waals surface area contributed by atoms with E-state index in [1.165, 1.54) is 12.3 Å². The molecule has 0 fully saturated rings. The van der Waals surface area contributed by atoms with Gasteiger partial charge in [-0.2, -0.15) is 4.39 Å². The standard InChI is InChI=1S/C8H11FN2O2/c9-8-3-6(1-2-10-8)11-7(4-12)5-13/h1-3,7,12-13H,4-5H2,(H,10,11). The first-order chi connectivity index (χ1) is 6.26. The van der Waals surface area contributed by atoms with Gasteiger partial charge in [-0.3, -0.25) is 0 Å². The summed E-state index contributed by atoms with van der Waals surface area (Å²) in [6, 6.07) is 2.28. The van der Waals surface area contributed by atoms with E-state index in [4.69, 9.17) is 10.2 Å². The van der Waals surface area contributed by atoms with Gasteiger partial charge < -0.3 is 15.5 Å². The maximum atomic E-state index is 12.5. The van der Waals surface area contributed by atoms with Crippen molar-refractivity contribution in [1.29, 1.82) is 0 Å². The Balaban J connectivity index is 2.62. The lowest BCUT2D eigenvalue weighted by Gasteiger charge is -2.14. The van der Waals surface area contributed by atoms with Crippen LogP contribution in [0.5, 0.6) is 0 Å². The predicted molar refractivity (Wildman–Crippen MR) is 45.8 cm³/mol. The van der Waals surface area contributed by atoms with Crippen LogP contribution in [0.1, 0.15) is 0 Å². The lowest BCUT2D eigenvalue weighted by atomic mass is 10.3. The first-order valence-corrected chi connectivity index (χ1v) is 3.86. The van der Waals surface area contributed by atoms with Gasteiger partial charge in [-0.05, 0) is 6.07 Å². The number of hydrogen-bond donors (Lipinski definition) is 3. The number of nitrogens with one attached hydrogen (secondary N) is 1. The van der Waals surface area contributed by atoms with Gasteiger partial charge in [-0.25, -0.2) is 4.98 Å². The van der Waals surface area contributed by atoms with E-state index >= 15 is 0 Å². The molecule has 3 N–H and O–H groups in total. The third-order valence-electron chi connectivity index (χ3n) is 1.54. The molecule has 4 nitrogen and oxygen atoms in total. The van der Waals surface area contributed by atoms with Gasteiger partial charge in [0.1, 0.15) is 0 Å². The van der Waals surface area contributed by atoms with Crippen molar-refractivity contribution in [3.8, 4) is 0 Å². The van der Waals surface area contributed by atoms with E-state index in [0.29, 0.717) is 5.69 Å². The van der Waals surface area contributed by atoms with E-state index in [-0.39, 0.29) is 13.2 Å². The minimum atomic E-state index is -0.598. The van der Waals surface area contributed by atoms with Crippen molar-refractivity contribution in [3.05, 3.63) is 24.3 Å². The van der Waals surface area contributed by atoms with E-state index in [2.05, 4.69) is 10.3 Å². The average Bonchev–Trinajstić information content (AvgIpc) is 2.14. The number of halogens is 1. The highest BCUT2D eigenvalue weighted by Gasteiger charge is 2.05. The first kappa shape index (κ1) is 9.88. The molecule has 0 bridgehead atoms. The van der Waals surface area contributed by atoms with Crippen molar-refractivity contribution in [1.82, 2.24) is 4.98 Å².